The number of amides is 1. The first-order valence-corrected chi connectivity index (χ1v) is 3.80. The Morgan fingerprint density at radius 1 is 1.83 bits per heavy atom. The number of carboxylic acids is 1. The van der Waals surface area contributed by atoms with Gasteiger partial charge in [-0.2, -0.15) is 0 Å². The third-order valence-corrected chi connectivity index (χ3v) is 2.00. The molecule has 0 aromatic heterocycles. The number of nitrogens with one attached hydrogen (secondary N) is 1. The van der Waals surface area contributed by atoms with E-state index in [0.29, 0.717) is 12.8 Å². The van der Waals surface area contributed by atoms with Crippen molar-refractivity contribution in [2.75, 3.05) is 0 Å². The van der Waals surface area contributed by atoms with Crippen LogP contribution in [0.4, 0.5) is 0 Å². The van der Waals surface area contributed by atoms with Crippen LogP contribution < -0.4 is 5.32 Å². The van der Waals surface area contributed by atoms with Crippen LogP contribution in [0.3, 0.4) is 0 Å². The minimum atomic E-state index is -0.933. The number of hydrogen-bond acceptors (Lipinski definition) is 2. The summed E-state index contributed by atoms with van der Waals surface area (Å²) in [5.41, 5.74) is 0. The molecule has 1 rings (SSSR count). The molecule has 4 nitrogen and oxygen atoms in total. The van der Waals surface area contributed by atoms with Gasteiger partial charge in [0.1, 0.15) is 0 Å². The Hall–Kier alpha value is -1.32. The normalized spacial score (nSPS) is 24.7. The van der Waals surface area contributed by atoms with Gasteiger partial charge in [0.2, 0.25) is 5.91 Å². The zero-order chi connectivity index (χ0) is 9.14. The lowest BCUT2D eigenvalue weighted by atomic mass is 9.99. The fourth-order valence-electron chi connectivity index (χ4n) is 1.34. The third kappa shape index (κ3) is 1.64. The Morgan fingerprint density at radius 2 is 2.50 bits per heavy atom. The lowest BCUT2D eigenvalue weighted by molar-refractivity contribution is -0.140. The SMILES string of the molecule is C=CC(C(=O)O)C1CCC(=O)N1. The van der Waals surface area contributed by atoms with Gasteiger partial charge in [-0.05, 0) is 6.42 Å². The zero-order valence-corrected chi connectivity index (χ0v) is 6.62. The number of carbonyl (C=O) groups is 2. The van der Waals surface area contributed by atoms with Gasteiger partial charge in [-0.3, -0.25) is 9.59 Å². The van der Waals surface area contributed by atoms with Gasteiger partial charge in [0.25, 0.3) is 0 Å². The Bertz CT molecular complexity index is 224. The molecule has 0 spiro atoms. The molecule has 1 fully saturated rings. The maximum atomic E-state index is 10.8. The second kappa shape index (κ2) is 3.38. The zero-order valence-electron chi connectivity index (χ0n) is 6.62. The summed E-state index contributed by atoms with van der Waals surface area (Å²) in [6.07, 6.45) is 2.36. The molecule has 4 heteroatoms. The van der Waals surface area contributed by atoms with Gasteiger partial charge in [-0.1, -0.05) is 6.08 Å². The van der Waals surface area contributed by atoms with Crippen LogP contribution in [0.2, 0.25) is 0 Å². The predicted octanol–water partition coefficient (Wildman–Crippen LogP) is 0.152. The second-order valence-corrected chi connectivity index (χ2v) is 2.81. The van der Waals surface area contributed by atoms with E-state index in [1.807, 2.05) is 0 Å². The molecule has 2 atom stereocenters. The molecular weight excluding hydrogens is 158 g/mol. The van der Waals surface area contributed by atoms with Crippen LogP contribution in [-0.4, -0.2) is 23.0 Å². The van der Waals surface area contributed by atoms with Gasteiger partial charge >= 0.3 is 5.97 Å². The number of aliphatic carboxylic acids is 1. The van der Waals surface area contributed by atoms with E-state index in [4.69, 9.17) is 5.11 Å². The van der Waals surface area contributed by atoms with Crippen LogP contribution in [0.5, 0.6) is 0 Å². The molecule has 12 heavy (non-hydrogen) atoms. The summed E-state index contributed by atoms with van der Waals surface area (Å²) in [5, 5.41) is 11.3. The van der Waals surface area contributed by atoms with E-state index in [1.54, 1.807) is 0 Å². The minimum absolute atomic E-state index is 0.0758. The summed E-state index contributed by atoms with van der Waals surface area (Å²) in [7, 11) is 0. The third-order valence-electron chi connectivity index (χ3n) is 2.00. The highest BCUT2D eigenvalue weighted by atomic mass is 16.4. The quantitative estimate of drug-likeness (QED) is 0.591. The van der Waals surface area contributed by atoms with Gasteiger partial charge in [-0.15, -0.1) is 6.58 Å². The molecular formula is C8H11NO3. The van der Waals surface area contributed by atoms with Gasteiger partial charge in [-0.25, -0.2) is 0 Å². The van der Waals surface area contributed by atoms with Crippen LogP contribution in [-0.2, 0) is 9.59 Å². The van der Waals surface area contributed by atoms with Crippen molar-refractivity contribution in [3.8, 4) is 0 Å². The van der Waals surface area contributed by atoms with E-state index in [0.717, 1.165) is 0 Å². The number of hydrogen-bond donors (Lipinski definition) is 2. The molecule has 1 saturated heterocycles. The van der Waals surface area contributed by atoms with E-state index >= 15 is 0 Å². The average Bonchev–Trinajstić information content (AvgIpc) is 2.37. The summed E-state index contributed by atoms with van der Waals surface area (Å²) < 4.78 is 0. The van der Waals surface area contributed by atoms with Gasteiger partial charge in [0.15, 0.2) is 0 Å². The van der Waals surface area contributed by atoms with Crippen LogP contribution in [0, 0.1) is 5.92 Å². The van der Waals surface area contributed by atoms with E-state index < -0.39 is 11.9 Å². The van der Waals surface area contributed by atoms with Crippen molar-refractivity contribution in [3.05, 3.63) is 12.7 Å². The molecule has 0 aromatic carbocycles. The fraction of sp³-hybridized carbons (Fsp3) is 0.500. The van der Waals surface area contributed by atoms with E-state index in [9.17, 15) is 9.59 Å². The molecule has 1 heterocycles. The molecule has 0 saturated carbocycles. The maximum absolute atomic E-state index is 10.8. The average molecular weight is 169 g/mol. The van der Waals surface area contributed by atoms with Crippen LogP contribution in [0.1, 0.15) is 12.8 Å². The maximum Gasteiger partial charge on any atom is 0.312 e. The molecule has 2 unspecified atom stereocenters. The standard InChI is InChI=1S/C8H11NO3/c1-2-5(8(11)12)6-3-4-7(10)9-6/h2,5-6H,1,3-4H2,(H,9,10)(H,11,12). The van der Waals surface area contributed by atoms with E-state index in [2.05, 4.69) is 11.9 Å². The Morgan fingerprint density at radius 3 is 2.83 bits per heavy atom. The first-order valence-electron chi connectivity index (χ1n) is 3.80. The predicted molar refractivity (Wildman–Crippen MR) is 42.5 cm³/mol. The molecule has 1 amide bonds. The van der Waals surface area contributed by atoms with Gasteiger partial charge < -0.3 is 10.4 Å². The molecule has 0 bridgehead atoms. The smallest absolute Gasteiger partial charge is 0.312 e. The summed E-state index contributed by atoms with van der Waals surface area (Å²) in [4.78, 5) is 21.4. The van der Waals surface area contributed by atoms with E-state index in [1.165, 1.54) is 6.08 Å². The molecule has 0 aromatic rings. The monoisotopic (exact) mass is 169 g/mol. The summed E-state index contributed by atoms with van der Waals surface area (Å²) in [6, 6.07) is -0.271. The topological polar surface area (TPSA) is 66.4 Å². The van der Waals surface area contributed by atoms with Gasteiger partial charge in [0.05, 0.1) is 5.92 Å². The highest BCUT2D eigenvalue weighted by Gasteiger charge is 2.31. The Labute approximate surface area is 70.3 Å². The van der Waals surface area contributed by atoms with Crippen LogP contribution in [0.25, 0.3) is 0 Å². The number of rotatable bonds is 3. The fourth-order valence-corrected chi connectivity index (χ4v) is 1.34. The van der Waals surface area contributed by atoms with Crippen molar-refractivity contribution in [2.45, 2.75) is 18.9 Å². The Balaban J connectivity index is 2.61. The summed E-state index contributed by atoms with van der Waals surface area (Å²) in [5.74, 6) is -1.67. The van der Waals surface area contributed by atoms with Crippen molar-refractivity contribution < 1.29 is 14.7 Å². The number of carboxylic acid groups (broad SMARTS) is 1. The highest BCUT2D eigenvalue weighted by Crippen LogP contribution is 2.16. The summed E-state index contributed by atoms with van der Waals surface area (Å²) >= 11 is 0. The van der Waals surface area contributed by atoms with Crippen molar-refractivity contribution >= 4 is 11.9 Å². The molecule has 1 aliphatic heterocycles. The van der Waals surface area contributed by atoms with Crippen molar-refractivity contribution in [3.63, 3.8) is 0 Å². The second-order valence-electron chi connectivity index (χ2n) is 2.81. The molecule has 0 radical (unpaired) electrons. The first kappa shape index (κ1) is 8.77. The molecule has 66 valence electrons. The minimum Gasteiger partial charge on any atom is -0.481 e. The highest BCUT2D eigenvalue weighted by molar-refractivity contribution is 5.81. The van der Waals surface area contributed by atoms with Crippen molar-refractivity contribution in [1.29, 1.82) is 0 Å². The lowest BCUT2D eigenvalue weighted by Gasteiger charge is -2.14. The van der Waals surface area contributed by atoms with E-state index in [-0.39, 0.29) is 11.9 Å². The molecule has 0 aliphatic carbocycles. The van der Waals surface area contributed by atoms with Gasteiger partial charge in [0, 0.05) is 12.5 Å². The Kier molecular flexibility index (Phi) is 2.47. The van der Waals surface area contributed by atoms with Crippen molar-refractivity contribution in [2.24, 2.45) is 5.92 Å². The van der Waals surface area contributed by atoms with Crippen molar-refractivity contribution in [1.82, 2.24) is 5.32 Å². The van der Waals surface area contributed by atoms with Crippen LogP contribution in [0.15, 0.2) is 12.7 Å². The molecule has 2 N–H and O–H groups in total. The van der Waals surface area contributed by atoms with Crippen LogP contribution >= 0.6 is 0 Å². The number of carbonyl (C=O) groups excluding carboxylic acids is 1. The molecule has 1 aliphatic rings. The lowest BCUT2D eigenvalue weighted by Crippen LogP contribution is -2.35. The summed E-state index contributed by atoms with van der Waals surface area (Å²) in [6.45, 7) is 3.42. The largest absolute Gasteiger partial charge is 0.481 e. The first-order chi connectivity index (χ1) is 5.65.